The van der Waals surface area contributed by atoms with Crippen LogP contribution in [0.3, 0.4) is 0 Å². The van der Waals surface area contributed by atoms with Crippen LogP contribution in [0.2, 0.25) is 5.02 Å². The Bertz CT molecular complexity index is 1330. The number of fused-ring (bicyclic) bond motifs is 1. The van der Waals surface area contributed by atoms with Crippen LogP contribution in [-0.4, -0.2) is 68.9 Å². The molecule has 0 saturated carbocycles. The zero-order valence-corrected chi connectivity index (χ0v) is 22.1. The molecule has 3 aromatic carbocycles. The van der Waals surface area contributed by atoms with E-state index in [0.717, 1.165) is 54.6 Å². The third-order valence-corrected chi connectivity index (χ3v) is 8.08. The van der Waals surface area contributed by atoms with Gasteiger partial charge < -0.3 is 29.4 Å². The number of anilines is 1. The van der Waals surface area contributed by atoms with E-state index in [1.165, 1.54) is 12.5 Å². The Morgan fingerprint density at radius 1 is 1.08 bits per heavy atom. The lowest BCUT2D eigenvalue weighted by atomic mass is 10.0. The first kappa shape index (κ1) is 25.4. The van der Waals surface area contributed by atoms with Gasteiger partial charge in [-0.1, -0.05) is 29.8 Å². The molecule has 3 heterocycles. The van der Waals surface area contributed by atoms with Crippen LogP contribution in [-0.2, 0) is 11.2 Å². The molecule has 38 heavy (non-hydrogen) atoms. The topological polar surface area (TPSA) is 60.4 Å². The van der Waals surface area contributed by atoms with Gasteiger partial charge in [-0.25, -0.2) is 4.39 Å². The van der Waals surface area contributed by atoms with E-state index in [1.54, 1.807) is 12.1 Å². The van der Waals surface area contributed by atoms with Gasteiger partial charge in [0.2, 0.25) is 0 Å². The van der Waals surface area contributed by atoms with Crippen molar-refractivity contribution in [2.45, 2.75) is 31.4 Å². The van der Waals surface area contributed by atoms with E-state index < -0.39 is 0 Å². The standard InChI is InChI=1S/C30H33ClFN3O3/c31-28-13-20(2-7-29(28)38-27-18-37-19-27)12-25(17-34-9-1-10-34)33-30(36)23-8-11-35(16-23)26-6-4-21-14-24(32)5-3-22(21)15-26/h2-7,13-15,23,25,27H,1,8-12,16-19H2,(H,33,36)/p-1/t23-,25?/m1/s1. The highest BCUT2D eigenvalue weighted by Gasteiger charge is 2.26. The smallest absolute Gasteiger partial charge is 0.145 e. The second-order valence-corrected chi connectivity index (χ2v) is 11.0. The summed E-state index contributed by atoms with van der Waals surface area (Å²) in [5.74, 6) is 0.293. The lowest BCUT2D eigenvalue weighted by Gasteiger charge is -2.34. The number of aliphatic imine (C=N–C) groups is 1. The summed E-state index contributed by atoms with van der Waals surface area (Å²) in [4.78, 5) is 9.34. The van der Waals surface area contributed by atoms with Gasteiger partial charge in [0.25, 0.3) is 0 Å². The third-order valence-electron chi connectivity index (χ3n) is 7.78. The highest BCUT2D eigenvalue weighted by molar-refractivity contribution is 6.32. The first-order valence-corrected chi connectivity index (χ1v) is 13.8. The Kier molecular flexibility index (Phi) is 7.41. The molecular formula is C30H32ClFN3O3-. The van der Waals surface area contributed by atoms with Gasteiger partial charge in [0, 0.05) is 31.2 Å². The van der Waals surface area contributed by atoms with Crippen molar-refractivity contribution in [2.24, 2.45) is 10.9 Å². The van der Waals surface area contributed by atoms with Gasteiger partial charge in [0.05, 0.1) is 24.3 Å². The zero-order chi connectivity index (χ0) is 26.1. The fourth-order valence-corrected chi connectivity index (χ4v) is 5.64. The number of likely N-dealkylation sites (tertiary alicyclic amines) is 1. The normalized spacial score (nSPS) is 21.4. The molecule has 0 aliphatic carbocycles. The largest absolute Gasteiger partial charge is 0.862 e. The Balaban J connectivity index is 1.13. The first-order valence-electron chi connectivity index (χ1n) is 13.4. The Labute approximate surface area is 227 Å². The second-order valence-electron chi connectivity index (χ2n) is 10.6. The molecule has 3 aliphatic rings. The molecule has 8 heteroatoms. The summed E-state index contributed by atoms with van der Waals surface area (Å²) < 4.78 is 24.6. The molecule has 2 atom stereocenters. The van der Waals surface area contributed by atoms with Crippen LogP contribution in [0.1, 0.15) is 18.4 Å². The van der Waals surface area contributed by atoms with Crippen LogP contribution < -0.4 is 14.7 Å². The van der Waals surface area contributed by atoms with Crippen LogP contribution in [0.4, 0.5) is 10.1 Å². The van der Waals surface area contributed by atoms with Crippen LogP contribution in [0, 0.1) is 11.7 Å². The molecule has 6 nitrogen and oxygen atoms in total. The molecule has 3 aromatic rings. The minimum atomic E-state index is -0.234. The van der Waals surface area contributed by atoms with Gasteiger partial charge in [-0.2, -0.15) is 0 Å². The first-order chi connectivity index (χ1) is 18.5. The van der Waals surface area contributed by atoms with Gasteiger partial charge in [-0.3, -0.25) is 0 Å². The van der Waals surface area contributed by atoms with E-state index in [-0.39, 0.29) is 29.8 Å². The van der Waals surface area contributed by atoms with Crippen LogP contribution in [0.5, 0.6) is 5.75 Å². The van der Waals surface area contributed by atoms with E-state index >= 15 is 0 Å². The van der Waals surface area contributed by atoms with Gasteiger partial charge in [0.15, 0.2) is 0 Å². The predicted molar refractivity (Wildman–Crippen MR) is 147 cm³/mol. The summed E-state index contributed by atoms with van der Waals surface area (Å²) in [7, 11) is 0. The quantitative estimate of drug-likeness (QED) is 0.301. The molecule has 3 aliphatic heterocycles. The van der Waals surface area contributed by atoms with Gasteiger partial charge >= 0.3 is 0 Å². The van der Waals surface area contributed by atoms with E-state index in [9.17, 15) is 9.50 Å². The highest BCUT2D eigenvalue weighted by atomic mass is 35.5. The Morgan fingerprint density at radius 2 is 1.89 bits per heavy atom. The molecule has 0 spiro atoms. The fraction of sp³-hybridized carbons (Fsp3) is 0.433. The molecule has 0 aromatic heterocycles. The predicted octanol–water partition coefficient (Wildman–Crippen LogP) is 4.31. The molecule has 3 saturated heterocycles. The number of halogens is 2. The third kappa shape index (κ3) is 5.75. The van der Waals surface area contributed by atoms with Crippen molar-refractivity contribution < 1.29 is 19.0 Å². The zero-order valence-electron chi connectivity index (χ0n) is 21.3. The summed E-state index contributed by atoms with van der Waals surface area (Å²) in [6.07, 6.45) is 2.70. The van der Waals surface area contributed by atoms with E-state index in [0.29, 0.717) is 37.0 Å². The number of benzene rings is 3. The minimum absolute atomic E-state index is 0.0167. The van der Waals surface area contributed by atoms with E-state index in [2.05, 4.69) is 15.9 Å². The minimum Gasteiger partial charge on any atom is -0.862 e. The van der Waals surface area contributed by atoms with Crippen molar-refractivity contribution in [1.29, 1.82) is 0 Å². The molecule has 200 valence electrons. The van der Waals surface area contributed by atoms with Gasteiger partial charge in [0.1, 0.15) is 17.7 Å². The lowest BCUT2D eigenvalue weighted by molar-refractivity contribution is -0.223. The molecule has 1 unspecified atom stereocenters. The number of ether oxygens (including phenoxy) is 2. The molecule has 0 N–H and O–H groups in total. The van der Waals surface area contributed by atoms with Gasteiger partial charge in [-0.15, -0.1) is 0 Å². The molecule has 0 amide bonds. The summed E-state index contributed by atoms with van der Waals surface area (Å²) in [5, 5.41) is 15.8. The van der Waals surface area contributed by atoms with Crippen molar-refractivity contribution in [1.82, 2.24) is 4.90 Å². The Morgan fingerprint density at radius 3 is 2.63 bits per heavy atom. The molecule has 3 fully saturated rings. The SMILES string of the molecule is [O-]C(=NC(Cc1ccc(OC2COC2)c(Cl)c1)CN1CCC1)[C@@H]1CCN(c2ccc3cc(F)ccc3c2)C1. The van der Waals surface area contributed by atoms with Crippen LogP contribution in [0.25, 0.3) is 10.8 Å². The van der Waals surface area contributed by atoms with Crippen LogP contribution >= 0.6 is 11.6 Å². The average Bonchev–Trinajstić information content (AvgIpc) is 3.35. The maximum atomic E-state index is 13.5. The number of nitrogens with zero attached hydrogens (tertiary/aromatic N) is 3. The second kappa shape index (κ2) is 11.1. The van der Waals surface area contributed by atoms with Crippen molar-refractivity contribution in [2.75, 3.05) is 50.8 Å². The number of hydrogen-bond acceptors (Lipinski definition) is 6. The lowest BCUT2D eigenvalue weighted by Crippen LogP contribution is -2.43. The maximum Gasteiger partial charge on any atom is 0.145 e. The van der Waals surface area contributed by atoms with E-state index in [1.807, 2.05) is 30.3 Å². The summed E-state index contributed by atoms with van der Waals surface area (Å²) >= 11 is 6.51. The highest BCUT2D eigenvalue weighted by Crippen LogP contribution is 2.30. The van der Waals surface area contributed by atoms with Crippen molar-refractivity contribution >= 4 is 34.0 Å². The maximum absolute atomic E-state index is 13.5. The van der Waals surface area contributed by atoms with Crippen molar-refractivity contribution in [3.8, 4) is 5.75 Å². The summed E-state index contributed by atoms with van der Waals surface area (Å²) in [6.45, 7) is 5.53. The summed E-state index contributed by atoms with van der Waals surface area (Å²) in [5.41, 5.74) is 2.11. The Hall–Kier alpha value is -2.87. The summed E-state index contributed by atoms with van der Waals surface area (Å²) in [6, 6.07) is 16.6. The fourth-order valence-electron chi connectivity index (χ4n) is 5.40. The molecule has 6 rings (SSSR count). The molecule has 0 radical (unpaired) electrons. The molecular weight excluding hydrogens is 505 g/mol. The monoisotopic (exact) mass is 536 g/mol. The van der Waals surface area contributed by atoms with Crippen LogP contribution in [0.15, 0.2) is 59.6 Å². The van der Waals surface area contributed by atoms with Crippen molar-refractivity contribution in [3.05, 3.63) is 71.0 Å². The average molecular weight is 537 g/mol. The number of rotatable bonds is 9. The van der Waals surface area contributed by atoms with Crippen molar-refractivity contribution in [3.63, 3.8) is 0 Å². The van der Waals surface area contributed by atoms with E-state index in [4.69, 9.17) is 26.1 Å². The number of hydrogen-bond donors (Lipinski definition) is 0. The van der Waals surface area contributed by atoms with Gasteiger partial charge in [-0.05, 0) is 91.0 Å². The molecule has 0 bridgehead atoms.